The number of thioether (sulfide) groups is 2. The van der Waals surface area contributed by atoms with Gasteiger partial charge in [0.1, 0.15) is 5.82 Å². The van der Waals surface area contributed by atoms with E-state index in [2.05, 4.69) is 0 Å². The standard InChI is InChI=1S/C13H18FNS2/c1-9-2-3-11(14)6-10(9)7-12(15)13-8-16-4-5-17-13/h2-3,6,12-13H,4-5,7-8,15H2,1H3. The third-order valence-electron chi connectivity index (χ3n) is 3.09. The van der Waals surface area contributed by atoms with Crippen molar-refractivity contribution < 1.29 is 4.39 Å². The second-order valence-corrected chi connectivity index (χ2v) is 6.92. The summed E-state index contributed by atoms with van der Waals surface area (Å²) in [4.78, 5) is 0. The molecule has 94 valence electrons. The molecule has 1 aliphatic rings. The van der Waals surface area contributed by atoms with Crippen LogP contribution in [0.5, 0.6) is 0 Å². The quantitative estimate of drug-likeness (QED) is 0.915. The van der Waals surface area contributed by atoms with Crippen molar-refractivity contribution in [3.8, 4) is 0 Å². The van der Waals surface area contributed by atoms with E-state index in [1.165, 1.54) is 17.6 Å². The van der Waals surface area contributed by atoms with Gasteiger partial charge in [-0.15, -0.1) is 0 Å². The minimum absolute atomic E-state index is 0.133. The molecule has 1 aliphatic heterocycles. The topological polar surface area (TPSA) is 26.0 Å². The Morgan fingerprint density at radius 1 is 1.47 bits per heavy atom. The SMILES string of the molecule is Cc1ccc(F)cc1CC(N)C1CSCCS1. The van der Waals surface area contributed by atoms with E-state index in [-0.39, 0.29) is 11.9 Å². The highest BCUT2D eigenvalue weighted by atomic mass is 32.2. The number of halogens is 1. The van der Waals surface area contributed by atoms with E-state index in [0.29, 0.717) is 5.25 Å². The van der Waals surface area contributed by atoms with E-state index < -0.39 is 0 Å². The summed E-state index contributed by atoms with van der Waals surface area (Å²) in [6.45, 7) is 2.02. The molecule has 1 saturated heterocycles. The minimum Gasteiger partial charge on any atom is -0.326 e. The van der Waals surface area contributed by atoms with Crippen molar-refractivity contribution in [1.82, 2.24) is 0 Å². The first-order valence-electron chi connectivity index (χ1n) is 5.87. The van der Waals surface area contributed by atoms with Crippen molar-refractivity contribution in [2.24, 2.45) is 5.73 Å². The summed E-state index contributed by atoms with van der Waals surface area (Å²) in [5.74, 6) is 3.38. The van der Waals surface area contributed by atoms with Gasteiger partial charge in [-0.05, 0) is 36.6 Å². The van der Waals surface area contributed by atoms with Crippen LogP contribution in [-0.2, 0) is 6.42 Å². The van der Waals surface area contributed by atoms with Crippen molar-refractivity contribution in [3.63, 3.8) is 0 Å². The molecule has 2 rings (SSSR count). The molecule has 0 amide bonds. The van der Waals surface area contributed by atoms with Gasteiger partial charge in [-0.3, -0.25) is 0 Å². The zero-order valence-corrected chi connectivity index (χ0v) is 11.6. The molecule has 1 heterocycles. The molecule has 0 spiro atoms. The number of aryl methyl sites for hydroxylation is 1. The zero-order valence-electron chi connectivity index (χ0n) is 9.99. The lowest BCUT2D eigenvalue weighted by Gasteiger charge is -2.27. The van der Waals surface area contributed by atoms with Crippen molar-refractivity contribution in [1.29, 1.82) is 0 Å². The van der Waals surface area contributed by atoms with Crippen molar-refractivity contribution >= 4 is 23.5 Å². The summed E-state index contributed by atoms with van der Waals surface area (Å²) in [5, 5.41) is 0.511. The Kier molecular flexibility index (Phi) is 4.77. The Balaban J connectivity index is 2.01. The molecule has 0 radical (unpaired) electrons. The Hall–Kier alpha value is -0.190. The maximum atomic E-state index is 13.2. The van der Waals surface area contributed by atoms with Gasteiger partial charge in [0.25, 0.3) is 0 Å². The van der Waals surface area contributed by atoms with Crippen LogP contribution in [0, 0.1) is 12.7 Å². The predicted molar refractivity (Wildman–Crippen MR) is 76.4 cm³/mol. The number of nitrogens with two attached hydrogens (primary N) is 1. The maximum Gasteiger partial charge on any atom is 0.123 e. The van der Waals surface area contributed by atoms with Gasteiger partial charge in [0.05, 0.1) is 0 Å². The van der Waals surface area contributed by atoms with Gasteiger partial charge in [-0.25, -0.2) is 4.39 Å². The van der Waals surface area contributed by atoms with Crippen molar-refractivity contribution in [2.75, 3.05) is 17.3 Å². The third-order valence-corrected chi connectivity index (χ3v) is 6.03. The maximum absolute atomic E-state index is 13.2. The molecule has 2 N–H and O–H groups in total. The van der Waals surface area contributed by atoms with Crippen molar-refractivity contribution in [3.05, 3.63) is 35.1 Å². The van der Waals surface area contributed by atoms with Gasteiger partial charge < -0.3 is 5.73 Å². The van der Waals surface area contributed by atoms with Crippen LogP contribution in [0.3, 0.4) is 0 Å². The first kappa shape index (κ1) is 13.2. The van der Waals surface area contributed by atoms with Crippen LogP contribution in [0.1, 0.15) is 11.1 Å². The Morgan fingerprint density at radius 3 is 3.00 bits per heavy atom. The molecule has 17 heavy (non-hydrogen) atoms. The second kappa shape index (κ2) is 6.12. The molecular weight excluding hydrogens is 253 g/mol. The molecule has 0 bridgehead atoms. The average molecular weight is 271 g/mol. The van der Waals surface area contributed by atoms with E-state index in [1.54, 1.807) is 6.07 Å². The summed E-state index contributed by atoms with van der Waals surface area (Å²) in [7, 11) is 0. The molecule has 0 aliphatic carbocycles. The molecule has 1 nitrogen and oxygen atoms in total. The van der Waals surface area contributed by atoms with E-state index in [1.807, 2.05) is 36.5 Å². The summed E-state index contributed by atoms with van der Waals surface area (Å²) < 4.78 is 13.2. The summed E-state index contributed by atoms with van der Waals surface area (Å²) in [6.07, 6.45) is 0.780. The molecule has 2 atom stereocenters. The molecule has 0 saturated carbocycles. The van der Waals surface area contributed by atoms with Crippen molar-refractivity contribution in [2.45, 2.75) is 24.6 Å². The number of hydrogen-bond donors (Lipinski definition) is 1. The normalized spacial score (nSPS) is 22.4. The van der Waals surface area contributed by atoms with Crippen LogP contribution in [0.4, 0.5) is 4.39 Å². The third kappa shape index (κ3) is 3.63. The fraction of sp³-hybridized carbons (Fsp3) is 0.538. The van der Waals surface area contributed by atoms with E-state index in [4.69, 9.17) is 5.73 Å². The molecule has 0 aromatic heterocycles. The molecule has 1 fully saturated rings. The minimum atomic E-state index is -0.163. The smallest absolute Gasteiger partial charge is 0.123 e. The molecule has 4 heteroatoms. The summed E-state index contributed by atoms with van der Waals surface area (Å²) in [6, 6.07) is 5.10. The second-order valence-electron chi connectivity index (χ2n) is 4.42. The highest BCUT2D eigenvalue weighted by Crippen LogP contribution is 2.27. The van der Waals surface area contributed by atoms with Gasteiger partial charge in [-0.2, -0.15) is 23.5 Å². The number of benzene rings is 1. The monoisotopic (exact) mass is 271 g/mol. The van der Waals surface area contributed by atoms with Gasteiger partial charge in [0, 0.05) is 28.6 Å². The molecule has 1 aromatic carbocycles. The predicted octanol–water partition coefficient (Wildman–Crippen LogP) is 2.85. The fourth-order valence-corrected chi connectivity index (χ4v) is 4.82. The molecule has 2 unspecified atom stereocenters. The lowest BCUT2D eigenvalue weighted by atomic mass is 10.00. The van der Waals surface area contributed by atoms with Crippen LogP contribution in [0.25, 0.3) is 0 Å². The highest BCUT2D eigenvalue weighted by molar-refractivity contribution is 8.06. The van der Waals surface area contributed by atoms with Gasteiger partial charge in [-0.1, -0.05) is 6.07 Å². The summed E-state index contributed by atoms with van der Waals surface area (Å²) >= 11 is 3.94. The summed E-state index contributed by atoms with van der Waals surface area (Å²) in [5.41, 5.74) is 8.43. The van der Waals surface area contributed by atoms with Gasteiger partial charge in [0.2, 0.25) is 0 Å². The first-order valence-corrected chi connectivity index (χ1v) is 8.07. The zero-order chi connectivity index (χ0) is 12.3. The number of rotatable bonds is 3. The molecular formula is C13H18FNS2. The van der Waals surface area contributed by atoms with Crippen LogP contribution in [-0.4, -0.2) is 28.6 Å². The Morgan fingerprint density at radius 2 is 2.29 bits per heavy atom. The van der Waals surface area contributed by atoms with Crippen LogP contribution in [0.15, 0.2) is 18.2 Å². The van der Waals surface area contributed by atoms with Crippen LogP contribution >= 0.6 is 23.5 Å². The average Bonchev–Trinajstić information content (AvgIpc) is 2.35. The van der Waals surface area contributed by atoms with E-state index in [9.17, 15) is 4.39 Å². The molecule has 1 aromatic rings. The first-order chi connectivity index (χ1) is 8.16. The fourth-order valence-electron chi connectivity index (χ4n) is 2.00. The van der Waals surface area contributed by atoms with Crippen LogP contribution < -0.4 is 5.73 Å². The Labute approximate surface area is 111 Å². The highest BCUT2D eigenvalue weighted by Gasteiger charge is 2.22. The van der Waals surface area contributed by atoms with Gasteiger partial charge >= 0.3 is 0 Å². The largest absolute Gasteiger partial charge is 0.326 e. The lowest BCUT2D eigenvalue weighted by molar-refractivity contribution is 0.616. The van der Waals surface area contributed by atoms with E-state index >= 15 is 0 Å². The van der Waals surface area contributed by atoms with Crippen LogP contribution in [0.2, 0.25) is 0 Å². The van der Waals surface area contributed by atoms with E-state index in [0.717, 1.165) is 23.3 Å². The lowest BCUT2D eigenvalue weighted by Crippen LogP contribution is -2.38. The van der Waals surface area contributed by atoms with Gasteiger partial charge in [0.15, 0.2) is 0 Å². The number of hydrogen-bond acceptors (Lipinski definition) is 3. The Bertz CT molecular complexity index is 378.